The fraction of sp³-hybridized carbons (Fsp3) is 0.286. The van der Waals surface area contributed by atoms with E-state index in [9.17, 15) is 4.39 Å². The second kappa shape index (κ2) is 4.90. The Hall–Kier alpha value is -1.88. The average Bonchev–Trinajstić information content (AvgIpc) is 2.91. The van der Waals surface area contributed by atoms with E-state index in [1.807, 2.05) is 30.8 Å². The Labute approximate surface area is 120 Å². The molecule has 0 aliphatic carbocycles. The Morgan fingerprint density at radius 3 is 2.80 bits per heavy atom. The van der Waals surface area contributed by atoms with Crippen molar-refractivity contribution in [1.29, 1.82) is 0 Å². The van der Waals surface area contributed by atoms with Gasteiger partial charge in [0.1, 0.15) is 11.3 Å². The maximum atomic E-state index is 13.9. The van der Waals surface area contributed by atoms with Gasteiger partial charge in [-0.15, -0.1) is 11.6 Å². The SMILES string of the molecule is Cc1nn(C)cc1-n1c(CCCl)nc2c(F)cccc21. The van der Waals surface area contributed by atoms with Crippen LogP contribution in [0.2, 0.25) is 0 Å². The summed E-state index contributed by atoms with van der Waals surface area (Å²) in [6.07, 6.45) is 2.48. The first-order chi connectivity index (χ1) is 9.61. The van der Waals surface area contributed by atoms with Crippen LogP contribution in [0.1, 0.15) is 11.5 Å². The van der Waals surface area contributed by atoms with Crippen molar-refractivity contribution in [2.24, 2.45) is 7.05 Å². The molecule has 20 heavy (non-hydrogen) atoms. The number of nitrogens with zero attached hydrogens (tertiary/aromatic N) is 4. The van der Waals surface area contributed by atoms with Crippen LogP contribution in [-0.4, -0.2) is 25.2 Å². The Balaban J connectivity index is 2.34. The van der Waals surface area contributed by atoms with Crippen molar-refractivity contribution in [3.05, 3.63) is 41.7 Å². The van der Waals surface area contributed by atoms with Crippen LogP contribution in [0.5, 0.6) is 0 Å². The standard InChI is InChI=1S/C14H14ClFN4/c1-9-12(8-19(2)18-9)20-11-5-3-4-10(16)14(11)17-13(20)6-7-15/h3-5,8H,6-7H2,1-2H3. The van der Waals surface area contributed by atoms with E-state index >= 15 is 0 Å². The minimum absolute atomic E-state index is 0.321. The second-order valence-electron chi connectivity index (χ2n) is 4.68. The third-order valence-electron chi connectivity index (χ3n) is 3.25. The smallest absolute Gasteiger partial charge is 0.151 e. The Morgan fingerprint density at radius 1 is 1.35 bits per heavy atom. The largest absolute Gasteiger partial charge is 0.293 e. The van der Waals surface area contributed by atoms with Gasteiger partial charge in [0.15, 0.2) is 5.82 Å². The molecule has 4 nitrogen and oxygen atoms in total. The first kappa shape index (κ1) is 13.1. The van der Waals surface area contributed by atoms with Crippen molar-refractivity contribution in [3.8, 4) is 5.69 Å². The lowest BCUT2D eigenvalue weighted by molar-refractivity contribution is 0.637. The van der Waals surface area contributed by atoms with Crippen LogP contribution in [0.15, 0.2) is 24.4 Å². The van der Waals surface area contributed by atoms with Crippen molar-refractivity contribution >= 4 is 22.6 Å². The molecule has 0 saturated carbocycles. The molecule has 0 bridgehead atoms. The summed E-state index contributed by atoms with van der Waals surface area (Å²) < 4.78 is 17.6. The highest BCUT2D eigenvalue weighted by Gasteiger charge is 2.17. The van der Waals surface area contributed by atoms with Gasteiger partial charge in [-0.3, -0.25) is 9.25 Å². The predicted octanol–water partition coefficient (Wildman–Crippen LogP) is 2.99. The van der Waals surface area contributed by atoms with Crippen molar-refractivity contribution in [3.63, 3.8) is 0 Å². The van der Waals surface area contributed by atoms with E-state index in [4.69, 9.17) is 11.6 Å². The highest BCUT2D eigenvalue weighted by Crippen LogP contribution is 2.25. The van der Waals surface area contributed by atoms with Gasteiger partial charge in [-0.05, 0) is 19.1 Å². The van der Waals surface area contributed by atoms with Gasteiger partial charge in [-0.1, -0.05) is 6.07 Å². The topological polar surface area (TPSA) is 35.6 Å². The zero-order chi connectivity index (χ0) is 14.3. The maximum absolute atomic E-state index is 13.9. The lowest BCUT2D eigenvalue weighted by Gasteiger charge is -2.06. The molecule has 0 radical (unpaired) electrons. The Morgan fingerprint density at radius 2 is 2.15 bits per heavy atom. The van der Waals surface area contributed by atoms with Crippen LogP contribution in [0.4, 0.5) is 4.39 Å². The summed E-state index contributed by atoms with van der Waals surface area (Å²) in [4.78, 5) is 4.40. The van der Waals surface area contributed by atoms with Crippen molar-refractivity contribution < 1.29 is 4.39 Å². The molecule has 1 aromatic carbocycles. The molecule has 104 valence electrons. The summed E-state index contributed by atoms with van der Waals surface area (Å²) in [5, 5.41) is 4.34. The molecule has 2 heterocycles. The summed E-state index contributed by atoms with van der Waals surface area (Å²) in [6.45, 7) is 1.92. The average molecular weight is 293 g/mol. The maximum Gasteiger partial charge on any atom is 0.151 e. The molecule has 0 saturated heterocycles. The van der Waals surface area contributed by atoms with Crippen LogP contribution < -0.4 is 0 Å². The van der Waals surface area contributed by atoms with Gasteiger partial charge in [0, 0.05) is 25.5 Å². The lowest BCUT2D eigenvalue weighted by Crippen LogP contribution is -2.02. The fourth-order valence-corrected chi connectivity index (χ4v) is 2.61. The summed E-state index contributed by atoms with van der Waals surface area (Å²) >= 11 is 5.84. The zero-order valence-corrected chi connectivity index (χ0v) is 12.0. The number of halogens is 2. The molecule has 3 rings (SSSR count). The molecule has 0 amide bonds. The number of fused-ring (bicyclic) bond motifs is 1. The highest BCUT2D eigenvalue weighted by atomic mass is 35.5. The monoisotopic (exact) mass is 292 g/mol. The van der Waals surface area contributed by atoms with Gasteiger partial charge in [-0.25, -0.2) is 9.37 Å². The number of aryl methyl sites for hydroxylation is 3. The van der Waals surface area contributed by atoms with Crippen LogP contribution in [0.3, 0.4) is 0 Å². The molecule has 6 heteroatoms. The number of rotatable bonds is 3. The van der Waals surface area contributed by atoms with Gasteiger partial charge in [0.2, 0.25) is 0 Å². The number of para-hydroxylation sites is 1. The van der Waals surface area contributed by atoms with E-state index in [-0.39, 0.29) is 5.82 Å². The van der Waals surface area contributed by atoms with Crippen molar-refractivity contribution in [2.45, 2.75) is 13.3 Å². The fourth-order valence-electron chi connectivity index (χ4n) is 2.44. The second-order valence-corrected chi connectivity index (χ2v) is 5.06. The van der Waals surface area contributed by atoms with E-state index < -0.39 is 0 Å². The quantitative estimate of drug-likeness (QED) is 0.696. The molecule has 0 atom stereocenters. The molecule has 0 N–H and O–H groups in total. The van der Waals surface area contributed by atoms with E-state index in [2.05, 4.69) is 10.1 Å². The highest BCUT2D eigenvalue weighted by molar-refractivity contribution is 6.17. The van der Waals surface area contributed by atoms with Crippen LogP contribution >= 0.6 is 11.6 Å². The summed E-state index contributed by atoms with van der Waals surface area (Å²) in [6, 6.07) is 4.96. The normalized spacial score (nSPS) is 11.4. The van der Waals surface area contributed by atoms with Gasteiger partial charge in [0.25, 0.3) is 0 Å². The first-order valence-electron chi connectivity index (χ1n) is 6.34. The molecule has 0 spiro atoms. The zero-order valence-electron chi connectivity index (χ0n) is 11.3. The Kier molecular flexibility index (Phi) is 3.22. The molecular formula is C14H14ClFN4. The summed E-state index contributed by atoms with van der Waals surface area (Å²) in [7, 11) is 1.86. The number of imidazole rings is 1. The number of benzene rings is 1. The van der Waals surface area contributed by atoms with E-state index in [1.54, 1.807) is 10.7 Å². The molecular weight excluding hydrogens is 279 g/mol. The first-order valence-corrected chi connectivity index (χ1v) is 6.87. The molecule has 2 aromatic heterocycles. The van der Waals surface area contributed by atoms with Gasteiger partial charge in [0.05, 0.1) is 16.9 Å². The van der Waals surface area contributed by atoms with Crippen molar-refractivity contribution in [2.75, 3.05) is 5.88 Å². The lowest BCUT2D eigenvalue weighted by atomic mass is 10.3. The molecule has 0 unspecified atom stereocenters. The van der Waals surface area contributed by atoms with E-state index in [1.165, 1.54) is 6.07 Å². The van der Waals surface area contributed by atoms with Gasteiger partial charge < -0.3 is 0 Å². The van der Waals surface area contributed by atoms with Gasteiger partial charge >= 0.3 is 0 Å². The molecule has 3 aromatic rings. The number of aromatic nitrogens is 4. The van der Waals surface area contributed by atoms with Crippen LogP contribution in [0, 0.1) is 12.7 Å². The molecule has 0 aliphatic heterocycles. The Bertz CT molecular complexity index is 775. The van der Waals surface area contributed by atoms with Gasteiger partial charge in [-0.2, -0.15) is 5.10 Å². The number of hydrogen-bond donors (Lipinski definition) is 0. The minimum atomic E-state index is -0.321. The van der Waals surface area contributed by atoms with E-state index in [0.29, 0.717) is 17.8 Å². The molecule has 0 fully saturated rings. The summed E-state index contributed by atoms with van der Waals surface area (Å²) in [5.74, 6) is 0.861. The number of alkyl halides is 1. The predicted molar refractivity (Wildman–Crippen MR) is 77.0 cm³/mol. The van der Waals surface area contributed by atoms with Crippen LogP contribution in [-0.2, 0) is 13.5 Å². The minimum Gasteiger partial charge on any atom is -0.293 e. The molecule has 0 aliphatic rings. The van der Waals surface area contributed by atoms with Crippen molar-refractivity contribution in [1.82, 2.24) is 19.3 Å². The van der Waals surface area contributed by atoms with Crippen LogP contribution in [0.25, 0.3) is 16.7 Å². The van der Waals surface area contributed by atoms with E-state index in [0.717, 1.165) is 22.7 Å². The number of hydrogen-bond acceptors (Lipinski definition) is 2. The third-order valence-corrected chi connectivity index (χ3v) is 3.44. The summed E-state index contributed by atoms with van der Waals surface area (Å²) in [5.41, 5.74) is 2.88. The third kappa shape index (κ3) is 1.98.